The highest BCUT2D eigenvalue weighted by molar-refractivity contribution is 6.30. The van der Waals surface area contributed by atoms with Crippen LogP contribution in [0.5, 0.6) is 0 Å². The monoisotopic (exact) mass is 252 g/mol. The molecule has 0 spiro atoms. The Morgan fingerprint density at radius 2 is 1.05 bits per heavy atom. The van der Waals surface area contributed by atoms with Gasteiger partial charge in [-0.3, -0.25) is 0 Å². The van der Waals surface area contributed by atoms with Gasteiger partial charge in [0, 0.05) is 0 Å². The van der Waals surface area contributed by atoms with Crippen LogP contribution in [0.1, 0.15) is 0 Å². The number of benzene rings is 2. The van der Waals surface area contributed by atoms with Crippen LogP contribution >= 0.6 is 0 Å². The summed E-state index contributed by atoms with van der Waals surface area (Å²) in [6, 6.07) is 26.5. The van der Waals surface area contributed by atoms with Crippen LogP contribution in [0.3, 0.4) is 0 Å². The van der Waals surface area contributed by atoms with Gasteiger partial charge in [0.2, 0.25) is 0 Å². The van der Waals surface area contributed by atoms with Crippen molar-refractivity contribution in [2.75, 3.05) is 0 Å². The van der Waals surface area contributed by atoms with Crippen molar-refractivity contribution in [3.05, 3.63) is 72.8 Å². The fraction of sp³-hybridized carbons (Fsp3) is 0. The number of hydrogen-bond acceptors (Lipinski definition) is 0. The minimum Gasteiger partial charge on any atom is -0.0610 e. The van der Waals surface area contributed by atoms with Gasteiger partial charge in [0.25, 0.3) is 0 Å². The summed E-state index contributed by atoms with van der Waals surface area (Å²) >= 11 is 0. The van der Waals surface area contributed by atoms with Crippen LogP contribution in [0.25, 0.3) is 43.1 Å². The van der Waals surface area contributed by atoms with Gasteiger partial charge >= 0.3 is 0 Å². The first-order valence-corrected chi connectivity index (χ1v) is 6.97. The van der Waals surface area contributed by atoms with E-state index in [2.05, 4.69) is 72.8 Å². The molecule has 5 rings (SSSR count). The fourth-order valence-corrected chi connectivity index (χ4v) is 3.47. The largest absolute Gasteiger partial charge is 0.0610 e. The number of hydrogen-bond donors (Lipinski definition) is 0. The van der Waals surface area contributed by atoms with Gasteiger partial charge in [-0.2, -0.15) is 0 Å². The second-order valence-corrected chi connectivity index (χ2v) is 5.45. The zero-order valence-corrected chi connectivity index (χ0v) is 10.9. The van der Waals surface area contributed by atoms with Crippen LogP contribution in [0.2, 0.25) is 0 Å². The third-order valence-electron chi connectivity index (χ3n) is 4.39. The van der Waals surface area contributed by atoms with E-state index in [4.69, 9.17) is 0 Å². The molecule has 0 N–H and O–H groups in total. The van der Waals surface area contributed by atoms with E-state index in [1.807, 2.05) is 0 Å². The Morgan fingerprint density at radius 1 is 0.400 bits per heavy atom. The van der Waals surface area contributed by atoms with Gasteiger partial charge in [-0.05, 0) is 49.2 Å². The first-order valence-electron chi connectivity index (χ1n) is 6.97. The first kappa shape index (κ1) is 10.2. The van der Waals surface area contributed by atoms with Crippen molar-refractivity contribution in [2.24, 2.45) is 0 Å². The lowest BCUT2D eigenvalue weighted by Crippen LogP contribution is -1.70. The quantitative estimate of drug-likeness (QED) is 0.330. The minimum atomic E-state index is 1.31. The lowest BCUT2D eigenvalue weighted by molar-refractivity contribution is 1.85. The summed E-state index contributed by atoms with van der Waals surface area (Å²) in [6.07, 6.45) is 0. The molecule has 5 aromatic rings. The molecule has 0 aromatic heterocycles. The molecule has 0 unspecified atom stereocenters. The molecule has 0 aliphatic rings. The van der Waals surface area contributed by atoms with Gasteiger partial charge in [0.15, 0.2) is 0 Å². The molecule has 5 aromatic carbocycles. The molecule has 0 atom stereocenters. The molecule has 0 bridgehead atoms. The minimum absolute atomic E-state index is 1.31. The third kappa shape index (κ3) is 1.16. The van der Waals surface area contributed by atoms with Crippen molar-refractivity contribution in [1.29, 1.82) is 0 Å². The topological polar surface area (TPSA) is 0 Å². The Morgan fingerprint density at radius 3 is 1.90 bits per heavy atom. The molecule has 92 valence electrons. The summed E-state index contributed by atoms with van der Waals surface area (Å²) in [7, 11) is 0. The summed E-state index contributed by atoms with van der Waals surface area (Å²) < 4.78 is 0. The summed E-state index contributed by atoms with van der Waals surface area (Å²) in [5, 5.41) is 10.8. The van der Waals surface area contributed by atoms with E-state index in [0.29, 0.717) is 0 Å². The summed E-state index contributed by atoms with van der Waals surface area (Å²) in [4.78, 5) is 0. The molecule has 0 aliphatic carbocycles. The van der Waals surface area contributed by atoms with E-state index in [1.165, 1.54) is 43.1 Å². The van der Waals surface area contributed by atoms with Crippen LogP contribution in [0, 0.1) is 0 Å². The van der Waals surface area contributed by atoms with E-state index in [0.717, 1.165) is 0 Å². The summed E-state index contributed by atoms with van der Waals surface area (Å²) in [5.41, 5.74) is 0. The molecule has 0 fully saturated rings. The Balaban J connectivity index is 2.20. The van der Waals surface area contributed by atoms with Crippen molar-refractivity contribution in [2.45, 2.75) is 0 Å². The molecule has 0 amide bonds. The van der Waals surface area contributed by atoms with E-state index in [-0.39, 0.29) is 0 Å². The van der Waals surface area contributed by atoms with Crippen LogP contribution in [0.15, 0.2) is 72.8 Å². The van der Waals surface area contributed by atoms with E-state index in [9.17, 15) is 0 Å². The Labute approximate surface area is 116 Å². The summed E-state index contributed by atoms with van der Waals surface area (Å²) in [6.45, 7) is 0. The van der Waals surface area contributed by atoms with Gasteiger partial charge < -0.3 is 0 Å². The van der Waals surface area contributed by atoms with Crippen molar-refractivity contribution >= 4 is 43.1 Å². The van der Waals surface area contributed by atoms with Gasteiger partial charge in [-0.1, -0.05) is 66.7 Å². The number of rotatable bonds is 0. The molecule has 0 saturated carbocycles. The zero-order chi connectivity index (χ0) is 13.1. The maximum atomic E-state index is 2.33. The lowest BCUT2D eigenvalue weighted by Gasteiger charge is -1.97. The second-order valence-electron chi connectivity index (χ2n) is 5.45. The standard InChI is InChI=1S/C20H12/c1-4-13-10-11-16-17-8-2-5-14-6-3-9-18(20(14)17)19(16)12-15(13)7-1/h1-12H. The van der Waals surface area contributed by atoms with Crippen molar-refractivity contribution in [1.82, 2.24) is 0 Å². The van der Waals surface area contributed by atoms with Crippen LogP contribution in [-0.2, 0) is 0 Å². The highest BCUT2D eigenvalue weighted by atomic mass is 14.1. The lowest BCUT2D eigenvalue weighted by atomic mass is 10.1. The Bertz CT molecular complexity index is 1080. The van der Waals surface area contributed by atoms with Crippen LogP contribution in [-0.4, -0.2) is 0 Å². The zero-order valence-electron chi connectivity index (χ0n) is 10.9. The van der Waals surface area contributed by atoms with Crippen molar-refractivity contribution in [3.63, 3.8) is 0 Å². The molecule has 0 saturated heterocycles. The first-order chi connectivity index (χ1) is 9.92. The maximum Gasteiger partial charge on any atom is -0.00264 e. The predicted molar refractivity (Wildman–Crippen MR) is 87.7 cm³/mol. The van der Waals surface area contributed by atoms with Gasteiger partial charge in [-0.15, -0.1) is 0 Å². The SMILES string of the molecule is c1cc2ccc3c(cc2c1)c1cccc2cccc3c21. The Kier molecular flexibility index (Phi) is 1.78. The highest BCUT2D eigenvalue weighted by Gasteiger charge is 2.10. The van der Waals surface area contributed by atoms with Crippen molar-refractivity contribution in [3.8, 4) is 0 Å². The molecule has 0 aliphatic heterocycles. The average molecular weight is 252 g/mol. The third-order valence-corrected chi connectivity index (χ3v) is 4.39. The van der Waals surface area contributed by atoms with E-state index < -0.39 is 0 Å². The predicted octanol–water partition coefficient (Wildman–Crippen LogP) is 5.74. The molecule has 0 heterocycles. The van der Waals surface area contributed by atoms with E-state index in [1.54, 1.807) is 0 Å². The molecule has 0 nitrogen and oxygen atoms in total. The smallest absolute Gasteiger partial charge is 0.00264 e. The van der Waals surface area contributed by atoms with Crippen LogP contribution in [0.4, 0.5) is 0 Å². The fourth-order valence-electron chi connectivity index (χ4n) is 3.47. The van der Waals surface area contributed by atoms with Gasteiger partial charge in [-0.25, -0.2) is 0 Å². The molecular formula is C20H12. The van der Waals surface area contributed by atoms with Crippen molar-refractivity contribution < 1.29 is 0 Å². The average Bonchev–Trinajstić information content (AvgIpc) is 2.99. The second kappa shape index (κ2) is 3.49. The molecule has 0 heteroatoms. The van der Waals surface area contributed by atoms with Crippen LogP contribution < -0.4 is 0 Å². The molecular weight excluding hydrogens is 240 g/mol. The highest BCUT2D eigenvalue weighted by Crippen LogP contribution is 2.38. The number of fused-ring (bicyclic) bond motifs is 4. The Hall–Kier alpha value is -2.60. The normalized spacial score (nSPS) is 12.0. The molecule has 20 heavy (non-hydrogen) atoms. The summed E-state index contributed by atoms with van der Waals surface area (Å²) in [5.74, 6) is 0. The van der Waals surface area contributed by atoms with Gasteiger partial charge in [0.05, 0.1) is 0 Å². The van der Waals surface area contributed by atoms with E-state index >= 15 is 0 Å². The molecule has 0 radical (unpaired) electrons. The maximum absolute atomic E-state index is 2.33. The van der Waals surface area contributed by atoms with Gasteiger partial charge in [0.1, 0.15) is 0 Å².